The highest BCUT2D eigenvalue weighted by Crippen LogP contribution is 2.77. The Kier molecular flexibility index (Phi) is 5.04. The molecular formula is C25H35ClN2S. The lowest BCUT2D eigenvalue weighted by molar-refractivity contribution is 0.0684. The molecule has 0 saturated heterocycles. The average molecular weight is 431 g/mol. The molecule has 5 fully saturated rings. The van der Waals surface area contributed by atoms with E-state index < -0.39 is 0 Å². The molecule has 0 amide bonds. The van der Waals surface area contributed by atoms with Crippen molar-refractivity contribution in [3.05, 3.63) is 35.9 Å². The molecule has 4 bridgehead atoms. The van der Waals surface area contributed by atoms with E-state index in [4.69, 9.17) is 29.6 Å². The van der Waals surface area contributed by atoms with Crippen molar-refractivity contribution in [1.29, 1.82) is 0 Å². The second-order valence-corrected chi connectivity index (χ2v) is 11.7. The molecule has 0 radical (unpaired) electrons. The van der Waals surface area contributed by atoms with Crippen molar-refractivity contribution in [2.75, 3.05) is 5.88 Å². The van der Waals surface area contributed by atoms with Crippen LogP contribution >= 0.6 is 23.8 Å². The van der Waals surface area contributed by atoms with Gasteiger partial charge in [0.2, 0.25) is 0 Å². The van der Waals surface area contributed by atoms with Gasteiger partial charge in [0, 0.05) is 23.4 Å². The van der Waals surface area contributed by atoms with E-state index in [1.807, 2.05) is 0 Å². The summed E-state index contributed by atoms with van der Waals surface area (Å²) in [7, 11) is 0. The zero-order valence-electron chi connectivity index (χ0n) is 17.6. The van der Waals surface area contributed by atoms with Crippen LogP contribution in [-0.2, 0) is 5.41 Å². The number of benzene rings is 1. The Labute approximate surface area is 186 Å². The predicted octanol–water partition coefficient (Wildman–Crippen LogP) is 5.57. The van der Waals surface area contributed by atoms with Crippen LogP contribution in [0.25, 0.3) is 0 Å². The third-order valence-electron chi connectivity index (χ3n) is 9.47. The number of hydrogen-bond acceptors (Lipinski definition) is 2. The van der Waals surface area contributed by atoms with Crippen molar-refractivity contribution in [3.8, 4) is 0 Å². The first-order valence-corrected chi connectivity index (χ1v) is 12.5. The third-order valence-corrected chi connectivity index (χ3v) is 10.2. The molecular weight excluding hydrogens is 396 g/mol. The monoisotopic (exact) mass is 430 g/mol. The maximum atomic E-state index is 6.33. The normalized spacial score (nSPS) is 45.5. The van der Waals surface area contributed by atoms with Gasteiger partial charge >= 0.3 is 0 Å². The largest absolute Gasteiger partial charge is 0.376 e. The van der Waals surface area contributed by atoms with Gasteiger partial charge < -0.3 is 11.1 Å². The van der Waals surface area contributed by atoms with E-state index in [1.54, 1.807) is 0 Å². The molecule has 29 heavy (non-hydrogen) atoms. The molecule has 4 heteroatoms. The standard InChI is InChI=1S/C25H35ClN2S/c1-23(11-12-26)18-13-24(17-5-3-2-4-6-17)15-21(23)25(14-18,16-24)22(29)28-20-9-7-19(27)8-10-20/h2-6,18-21H,7-16,27H2,1H3,(H,28,29). The summed E-state index contributed by atoms with van der Waals surface area (Å²) >= 11 is 12.6. The van der Waals surface area contributed by atoms with Gasteiger partial charge in [-0.25, -0.2) is 0 Å². The molecule has 158 valence electrons. The number of halogens is 1. The van der Waals surface area contributed by atoms with Crippen LogP contribution < -0.4 is 11.1 Å². The van der Waals surface area contributed by atoms with Gasteiger partial charge in [-0.3, -0.25) is 0 Å². The fourth-order valence-electron chi connectivity index (χ4n) is 7.99. The Hall–Kier alpha value is -0.640. The minimum Gasteiger partial charge on any atom is -0.376 e. The zero-order chi connectivity index (χ0) is 20.3. The Morgan fingerprint density at radius 2 is 1.86 bits per heavy atom. The molecule has 5 aliphatic rings. The Morgan fingerprint density at radius 1 is 1.14 bits per heavy atom. The highest BCUT2D eigenvalue weighted by molar-refractivity contribution is 7.80. The second-order valence-electron chi connectivity index (χ2n) is 10.9. The first-order valence-electron chi connectivity index (χ1n) is 11.6. The molecule has 5 unspecified atom stereocenters. The number of hydrogen-bond donors (Lipinski definition) is 2. The first kappa shape index (κ1) is 20.3. The summed E-state index contributed by atoms with van der Waals surface area (Å²) in [5.41, 5.74) is 8.47. The van der Waals surface area contributed by atoms with Crippen LogP contribution in [0.4, 0.5) is 0 Å². The van der Waals surface area contributed by atoms with Gasteiger partial charge in [-0.1, -0.05) is 49.5 Å². The van der Waals surface area contributed by atoms with E-state index in [2.05, 4.69) is 42.6 Å². The number of nitrogens with two attached hydrogens (primary N) is 1. The third kappa shape index (κ3) is 3.02. The maximum Gasteiger partial charge on any atom is 0.0821 e. The van der Waals surface area contributed by atoms with Gasteiger partial charge in [0.1, 0.15) is 0 Å². The second kappa shape index (κ2) is 7.21. The van der Waals surface area contributed by atoms with Crippen molar-refractivity contribution in [2.24, 2.45) is 28.4 Å². The molecule has 0 spiro atoms. The quantitative estimate of drug-likeness (QED) is 0.474. The molecule has 2 nitrogen and oxygen atoms in total. The molecule has 5 saturated carbocycles. The van der Waals surface area contributed by atoms with E-state index in [0.717, 1.165) is 43.9 Å². The molecule has 5 atom stereocenters. The maximum absolute atomic E-state index is 6.33. The molecule has 1 aromatic carbocycles. The summed E-state index contributed by atoms with van der Waals surface area (Å²) in [6.07, 6.45) is 10.8. The lowest BCUT2D eigenvalue weighted by atomic mass is 9.57. The summed E-state index contributed by atoms with van der Waals surface area (Å²) in [6, 6.07) is 12.2. The summed E-state index contributed by atoms with van der Waals surface area (Å²) in [5, 5.41) is 3.88. The van der Waals surface area contributed by atoms with Crippen molar-refractivity contribution in [2.45, 2.75) is 82.2 Å². The first-order chi connectivity index (χ1) is 13.9. The van der Waals surface area contributed by atoms with Crippen molar-refractivity contribution in [1.82, 2.24) is 5.32 Å². The van der Waals surface area contributed by atoms with E-state index in [0.29, 0.717) is 28.8 Å². The Morgan fingerprint density at radius 3 is 2.55 bits per heavy atom. The smallest absolute Gasteiger partial charge is 0.0821 e. The fourth-order valence-corrected chi connectivity index (χ4v) is 8.86. The van der Waals surface area contributed by atoms with Gasteiger partial charge in [0.25, 0.3) is 0 Å². The van der Waals surface area contributed by atoms with Crippen LogP contribution in [0.15, 0.2) is 30.3 Å². The van der Waals surface area contributed by atoms with Gasteiger partial charge in [-0.05, 0) is 86.0 Å². The molecule has 3 N–H and O–H groups in total. The number of nitrogens with one attached hydrogen (secondary N) is 1. The molecule has 5 aliphatic carbocycles. The summed E-state index contributed by atoms with van der Waals surface area (Å²) < 4.78 is 0. The van der Waals surface area contributed by atoms with Gasteiger partial charge in [-0.2, -0.15) is 0 Å². The number of thiocarbonyl (C=S) groups is 1. The lowest BCUT2D eigenvalue weighted by Gasteiger charge is -2.47. The predicted molar refractivity (Wildman–Crippen MR) is 125 cm³/mol. The minimum absolute atomic E-state index is 0.161. The molecule has 6 rings (SSSR count). The van der Waals surface area contributed by atoms with Gasteiger partial charge in [-0.15, -0.1) is 11.6 Å². The van der Waals surface area contributed by atoms with Crippen LogP contribution in [0.5, 0.6) is 0 Å². The SMILES string of the molecule is CC1(CCCl)C2CC3(c4ccccc4)CC1C(C(=S)NC1CCC(N)CC1)(C2)C3. The van der Waals surface area contributed by atoms with Crippen LogP contribution in [0.3, 0.4) is 0 Å². The summed E-state index contributed by atoms with van der Waals surface area (Å²) in [6.45, 7) is 2.52. The Balaban J connectivity index is 1.46. The van der Waals surface area contributed by atoms with E-state index in [1.165, 1.54) is 36.2 Å². The van der Waals surface area contributed by atoms with Crippen LogP contribution in [0, 0.1) is 22.7 Å². The summed E-state index contributed by atoms with van der Waals surface area (Å²) in [4.78, 5) is 1.17. The molecule has 0 aliphatic heterocycles. The zero-order valence-corrected chi connectivity index (χ0v) is 19.2. The van der Waals surface area contributed by atoms with E-state index in [-0.39, 0.29) is 5.41 Å². The van der Waals surface area contributed by atoms with Crippen LogP contribution in [0.1, 0.15) is 70.3 Å². The molecule has 1 aromatic rings. The van der Waals surface area contributed by atoms with E-state index >= 15 is 0 Å². The van der Waals surface area contributed by atoms with Crippen molar-refractivity contribution in [3.63, 3.8) is 0 Å². The fraction of sp³-hybridized carbons (Fsp3) is 0.720. The van der Waals surface area contributed by atoms with Crippen LogP contribution in [0.2, 0.25) is 0 Å². The van der Waals surface area contributed by atoms with Crippen molar-refractivity contribution >= 4 is 28.8 Å². The average Bonchev–Trinajstić information content (AvgIpc) is 3.07. The molecule has 0 aromatic heterocycles. The van der Waals surface area contributed by atoms with Crippen LogP contribution in [-0.4, -0.2) is 23.0 Å². The van der Waals surface area contributed by atoms with Crippen molar-refractivity contribution < 1.29 is 0 Å². The number of alkyl halides is 1. The topological polar surface area (TPSA) is 38.0 Å². The lowest BCUT2D eigenvalue weighted by Crippen LogP contribution is -2.48. The van der Waals surface area contributed by atoms with Gasteiger partial charge in [0.15, 0.2) is 0 Å². The summed E-state index contributed by atoms with van der Waals surface area (Å²) in [5.74, 6) is 2.14. The van der Waals surface area contributed by atoms with Gasteiger partial charge in [0.05, 0.1) is 4.99 Å². The van der Waals surface area contributed by atoms with E-state index in [9.17, 15) is 0 Å². The number of rotatable bonds is 5. The minimum atomic E-state index is 0.161. The highest BCUT2D eigenvalue weighted by Gasteiger charge is 2.73. The Bertz CT molecular complexity index is 776. The molecule has 0 heterocycles. The highest BCUT2D eigenvalue weighted by atomic mass is 35.5.